The molecule has 1 aliphatic rings. The second kappa shape index (κ2) is 10.3. The van der Waals surface area contributed by atoms with E-state index in [0.29, 0.717) is 5.92 Å². The molecule has 1 aromatic heterocycles. The van der Waals surface area contributed by atoms with Crippen LogP contribution in [0.4, 0.5) is 5.82 Å². The maximum atomic E-state index is 5.89. The van der Waals surface area contributed by atoms with Crippen LogP contribution in [0.5, 0.6) is 5.75 Å². The summed E-state index contributed by atoms with van der Waals surface area (Å²) in [6, 6.07) is 11.9. The molecule has 0 unspecified atom stereocenters. The van der Waals surface area contributed by atoms with Crippen LogP contribution in [-0.4, -0.2) is 42.7 Å². The first-order valence-electron chi connectivity index (χ1n) is 9.61. The quantitative estimate of drug-likeness (QED) is 0.305. The second-order valence-electron chi connectivity index (χ2n) is 6.88. The SMILES string of the molecule is C#CCON=Cc1ccc(OCCC2CCN(c3ccc(C)nn3)CC2)cc1. The maximum absolute atomic E-state index is 5.89. The topological polar surface area (TPSA) is 59.8 Å². The molecule has 1 aliphatic heterocycles. The van der Waals surface area contributed by atoms with Crippen molar-refractivity contribution in [1.29, 1.82) is 0 Å². The fraction of sp³-hybridized carbons (Fsp3) is 0.409. The maximum Gasteiger partial charge on any atom is 0.177 e. The second-order valence-corrected chi connectivity index (χ2v) is 6.88. The zero-order chi connectivity index (χ0) is 19.6. The molecule has 2 aromatic rings. The Kier molecular flexibility index (Phi) is 7.25. The molecule has 0 aliphatic carbocycles. The van der Waals surface area contributed by atoms with E-state index in [0.717, 1.165) is 61.8 Å². The Morgan fingerprint density at radius 2 is 1.96 bits per heavy atom. The third-order valence-electron chi connectivity index (χ3n) is 4.82. The molecule has 0 spiro atoms. The lowest BCUT2D eigenvalue weighted by molar-refractivity contribution is 0.181. The number of oxime groups is 1. The van der Waals surface area contributed by atoms with Gasteiger partial charge in [-0.3, -0.25) is 0 Å². The Hall–Kier alpha value is -3.07. The standard InChI is InChI=1S/C22H26N4O2/c1-3-15-28-23-17-20-5-7-21(8-6-20)27-16-12-19-10-13-26(14-11-19)22-9-4-18(2)24-25-22/h1,4-9,17,19H,10-16H2,2H3. The van der Waals surface area contributed by atoms with Crippen LogP contribution in [0.25, 0.3) is 0 Å². The van der Waals surface area contributed by atoms with E-state index in [-0.39, 0.29) is 6.61 Å². The van der Waals surface area contributed by atoms with Crippen LogP contribution in [0.3, 0.4) is 0 Å². The molecule has 0 atom stereocenters. The zero-order valence-corrected chi connectivity index (χ0v) is 16.3. The van der Waals surface area contributed by atoms with Gasteiger partial charge in [0.1, 0.15) is 5.75 Å². The van der Waals surface area contributed by atoms with Gasteiger partial charge in [-0.2, -0.15) is 5.10 Å². The number of hydrogen-bond acceptors (Lipinski definition) is 6. The molecule has 28 heavy (non-hydrogen) atoms. The van der Waals surface area contributed by atoms with Crippen LogP contribution in [0, 0.1) is 25.2 Å². The predicted molar refractivity (Wildman–Crippen MR) is 111 cm³/mol. The van der Waals surface area contributed by atoms with Crippen molar-refractivity contribution in [3.05, 3.63) is 47.7 Å². The van der Waals surface area contributed by atoms with E-state index < -0.39 is 0 Å². The Labute approximate surface area is 166 Å². The highest BCUT2D eigenvalue weighted by Gasteiger charge is 2.20. The third-order valence-corrected chi connectivity index (χ3v) is 4.82. The smallest absolute Gasteiger partial charge is 0.177 e. The Balaban J connectivity index is 1.36. The fourth-order valence-electron chi connectivity index (χ4n) is 3.18. The number of hydrogen-bond donors (Lipinski definition) is 0. The van der Waals surface area contributed by atoms with Crippen LogP contribution >= 0.6 is 0 Å². The number of anilines is 1. The number of piperidine rings is 1. The molecule has 1 saturated heterocycles. The molecule has 0 radical (unpaired) electrons. The number of ether oxygens (including phenoxy) is 1. The Bertz CT molecular complexity index is 789. The van der Waals surface area contributed by atoms with Gasteiger partial charge < -0.3 is 14.5 Å². The molecule has 1 aromatic carbocycles. The minimum atomic E-state index is 0.176. The zero-order valence-electron chi connectivity index (χ0n) is 16.3. The van der Waals surface area contributed by atoms with E-state index in [2.05, 4.69) is 32.2 Å². The highest BCUT2D eigenvalue weighted by Crippen LogP contribution is 2.24. The molecule has 6 nitrogen and oxygen atoms in total. The van der Waals surface area contributed by atoms with Gasteiger partial charge in [0.2, 0.25) is 0 Å². The largest absolute Gasteiger partial charge is 0.494 e. The number of aromatic nitrogens is 2. The lowest BCUT2D eigenvalue weighted by atomic mass is 9.94. The van der Waals surface area contributed by atoms with Crippen LogP contribution in [0.15, 0.2) is 41.6 Å². The Morgan fingerprint density at radius 1 is 1.18 bits per heavy atom. The minimum absolute atomic E-state index is 0.176. The van der Waals surface area contributed by atoms with Crippen molar-refractivity contribution in [2.75, 3.05) is 31.2 Å². The first kappa shape index (κ1) is 19.7. The van der Waals surface area contributed by atoms with E-state index in [1.54, 1.807) is 6.21 Å². The van der Waals surface area contributed by atoms with Gasteiger partial charge >= 0.3 is 0 Å². The van der Waals surface area contributed by atoms with Crippen molar-refractivity contribution in [2.45, 2.75) is 26.2 Å². The molecule has 0 bridgehead atoms. The van der Waals surface area contributed by atoms with Gasteiger partial charge in [0.05, 0.1) is 18.5 Å². The lowest BCUT2D eigenvalue weighted by Gasteiger charge is -2.32. The summed E-state index contributed by atoms with van der Waals surface area (Å²) < 4.78 is 5.89. The van der Waals surface area contributed by atoms with Crippen LogP contribution < -0.4 is 9.64 Å². The summed E-state index contributed by atoms with van der Waals surface area (Å²) >= 11 is 0. The van der Waals surface area contributed by atoms with Gasteiger partial charge in [-0.25, -0.2) is 0 Å². The van der Waals surface area contributed by atoms with E-state index >= 15 is 0 Å². The van der Waals surface area contributed by atoms with Gasteiger partial charge in [0, 0.05) is 13.1 Å². The molecule has 0 saturated carbocycles. The summed E-state index contributed by atoms with van der Waals surface area (Å²) in [5.74, 6) is 4.90. The predicted octanol–water partition coefficient (Wildman–Crippen LogP) is 3.45. The normalized spacial score (nSPS) is 14.8. The molecule has 3 rings (SSSR count). The summed E-state index contributed by atoms with van der Waals surface area (Å²) in [5, 5.41) is 12.2. The lowest BCUT2D eigenvalue weighted by Crippen LogP contribution is -2.34. The summed E-state index contributed by atoms with van der Waals surface area (Å²) in [4.78, 5) is 7.20. The van der Waals surface area contributed by atoms with Gasteiger partial charge in [0.25, 0.3) is 0 Å². The van der Waals surface area contributed by atoms with Crippen LogP contribution in [0.1, 0.15) is 30.5 Å². The van der Waals surface area contributed by atoms with Crippen molar-refractivity contribution in [2.24, 2.45) is 11.1 Å². The number of nitrogens with zero attached hydrogens (tertiary/aromatic N) is 4. The highest BCUT2D eigenvalue weighted by molar-refractivity contribution is 5.79. The van der Waals surface area contributed by atoms with Crippen molar-refractivity contribution >= 4 is 12.0 Å². The summed E-state index contributed by atoms with van der Waals surface area (Å²) in [7, 11) is 0. The first-order valence-corrected chi connectivity index (χ1v) is 9.61. The first-order chi connectivity index (χ1) is 13.7. The van der Waals surface area contributed by atoms with Crippen molar-refractivity contribution in [3.63, 3.8) is 0 Å². The summed E-state index contributed by atoms with van der Waals surface area (Å²) in [6.07, 6.45) is 10.1. The van der Waals surface area contributed by atoms with Gasteiger partial charge in [0.15, 0.2) is 12.4 Å². The van der Waals surface area contributed by atoms with Crippen molar-refractivity contribution < 1.29 is 9.57 Å². The molecule has 2 heterocycles. The summed E-state index contributed by atoms with van der Waals surface area (Å²) in [6.45, 7) is 4.92. The average molecular weight is 378 g/mol. The Morgan fingerprint density at radius 3 is 2.64 bits per heavy atom. The molecule has 0 N–H and O–H groups in total. The number of benzene rings is 1. The van der Waals surface area contributed by atoms with E-state index in [4.69, 9.17) is 16.0 Å². The van der Waals surface area contributed by atoms with Crippen LogP contribution in [0.2, 0.25) is 0 Å². The summed E-state index contributed by atoms with van der Waals surface area (Å²) in [5.41, 5.74) is 1.89. The van der Waals surface area contributed by atoms with E-state index in [9.17, 15) is 0 Å². The highest BCUT2D eigenvalue weighted by atomic mass is 16.6. The number of terminal acetylenes is 1. The minimum Gasteiger partial charge on any atom is -0.494 e. The van der Waals surface area contributed by atoms with Crippen molar-refractivity contribution in [3.8, 4) is 18.1 Å². The number of rotatable bonds is 8. The van der Waals surface area contributed by atoms with E-state index in [1.165, 1.54) is 0 Å². The third kappa shape index (κ3) is 5.98. The fourth-order valence-corrected chi connectivity index (χ4v) is 3.18. The molecule has 0 amide bonds. The molecule has 6 heteroatoms. The van der Waals surface area contributed by atoms with Gasteiger partial charge in [-0.1, -0.05) is 11.1 Å². The number of aryl methyl sites for hydroxylation is 1. The van der Waals surface area contributed by atoms with Gasteiger partial charge in [-0.05, 0) is 74.1 Å². The average Bonchev–Trinajstić information content (AvgIpc) is 2.73. The molecule has 1 fully saturated rings. The monoisotopic (exact) mass is 378 g/mol. The van der Waals surface area contributed by atoms with Crippen LogP contribution in [-0.2, 0) is 4.84 Å². The van der Waals surface area contributed by atoms with Gasteiger partial charge in [-0.15, -0.1) is 11.5 Å². The molecular formula is C22H26N4O2. The molecular weight excluding hydrogens is 352 g/mol. The van der Waals surface area contributed by atoms with E-state index in [1.807, 2.05) is 37.3 Å². The van der Waals surface area contributed by atoms with Crippen molar-refractivity contribution in [1.82, 2.24) is 10.2 Å². The molecule has 146 valence electrons.